The Hall–Kier alpha value is -1.22. The van der Waals surface area contributed by atoms with Crippen molar-refractivity contribution in [3.05, 3.63) is 22.8 Å². The molecule has 4 heteroatoms. The van der Waals surface area contributed by atoms with Gasteiger partial charge in [-0.05, 0) is 56.7 Å². The molecular weight excluding hydrogens is 310 g/mol. The largest absolute Gasteiger partial charge is 0.507 e. The molecule has 0 aromatic heterocycles. The summed E-state index contributed by atoms with van der Waals surface area (Å²) in [6, 6.07) is 2.20. The molecule has 0 saturated carbocycles. The van der Waals surface area contributed by atoms with Crippen LogP contribution in [0, 0.1) is 19.8 Å². The maximum atomic E-state index is 11.9. The Morgan fingerprint density at radius 2 is 1.78 bits per heavy atom. The number of carbonyl (C=O) groups excluding carboxylic acids is 1. The lowest BCUT2D eigenvalue weighted by atomic mass is 9.94. The van der Waals surface area contributed by atoms with E-state index >= 15 is 0 Å². The van der Waals surface area contributed by atoms with Crippen molar-refractivity contribution in [2.45, 2.75) is 59.8 Å². The van der Waals surface area contributed by atoms with Gasteiger partial charge in [0.25, 0.3) is 0 Å². The van der Waals surface area contributed by atoms with Crippen molar-refractivity contribution in [1.82, 2.24) is 0 Å². The number of aromatic hydroxyl groups is 1. The van der Waals surface area contributed by atoms with Gasteiger partial charge in [0.05, 0.1) is 0 Å². The van der Waals surface area contributed by atoms with Crippen LogP contribution in [0.2, 0.25) is 0 Å². The van der Waals surface area contributed by atoms with E-state index in [9.17, 15) is 9.90 Å². The Kier molecular flexibility index (Phi) is 7.40. The molecule has 0 spiro atoms. The van der Waals surface area contributed by atoms with E-state index in [0.717, 1.165) is 41.9 Å². The zero-order valence-corrected chi connectivity index (χ0v) is 15.6. The summed E-state index contributed by atoms with van der Waals surface area (Å²) in [4.78, 5) is 14.3. The first-order valence-electron chi connectivity index (χ1n) is 8.51. The SMILES string of the molecule is Cc1c(CCC(=O)C(C)C)cc(N2CCCCC2)c(C)c1O.Cl. The number of nitrogens with zero attached hydrogens (tertiary/aromatic N) is 1. The van der Waals surface area contributed by atoms with Crippen LogP contribution in [0.25, 0.3) is 0 Å². The van der Waals surface area contributed by atoms with E-state index in [0.29, 0.717) is 18.0 Å². The van der Waals surface area contributed by atoms with Crippen LogP contribution in [-0.2, 0) is 11.2 Å². The molecule has 0 amide bonds. The van der Waals surface area contributed by atoms with Crippen LogP contribution < -0.4 is 4.90 Å². The van der Waals surface area contributed by atoms with Crippen molar-refractivity contribution in [2.75, 3.05) is 18.0 Å². The molecule has 0 aliphatic carbocycles. The number of benzene rings is 1. The van der Waals surface area contributed by atoms with Crippen molar-refractivity contribution < 1.29 is 9.90 Å². The Morgan fingerprint density at radius 3 is 2.35 bits per heavy atom. The quantitative estimate of drug-likeness (QED) is 0.853. The Balaban J connectivity index is 0.00000264. The highest BCUT2D eigenvalue weighted by molar-refractivity contribution is 5.85. The molecule has 0 radical (unpaired) electrons. The number of ketones is 1. The third kappa shape index (κ3) is 4.63. The van der Waals surface area contributed by atoms with Crippen molar-refractivity contribution >= 4 is 23.9 Å². The second kappa shape index (κ2) is 8.58. The standard InChI is InChI=1S/C19H29NO2.ClH/c1-13(2)18(21)9-8-16-12-17(15(4)19(22)14(16)3)20-10-6-5-7-11-20;/h12-13,22H,5-11H2,1-4H3;1H. The van der Waals surface area contributed by atoms with Crippen LogP contribution in [0.4, 0.5) is 5.69 Å². The molecule has 1 aromatic carbocycles. The number of phenols is 1. The summed E-state index contributed by atoms with van der Waals surface area (Å²) in [5.74, 6) is 0.773. The van der Waals surface area contributed by atoms with Gasteiger partial charge in [-0.2, -0.15) is 0 Å². The molecule has 1 saturated heterocycles. The zero-order chi connectivity index (χ0) is 16.3. The van der Waals surface area contributed by atoms with Gasteiger partial charge in [0.15, 0.2) is 0 Å². The number of piperidine rings is 1. The van der Waals surface area contributed by atoms with Gasteiger partial charge >= 0.3 is 0 Å². The molecule has 1 heterocycles. The van der Waals surface area contributed by atoms with Crippen molar-refractivity contribution in [1.29, 1.82) is 0 Å². The maximum absolute atomic E-state index is 11.9. The summed E-state index contributed by atoms with van der Waals surface area (Å²) in [5, 5.41) is 10.5. The molecule has 0 bridgehead atoms. The molecule has 1 N–H and O–H groups in total. The molecule has 0 atom stereocenters. The van der Waals surface area contributed by atoms with Gasteiger partial charge in [0, 0.05) is 36.7 Å². The average Bonchev–Trinajstić information content (AvgIpc) is 2.52. The number of hydrogen-bond acceptors (Lipinski definition) is 3. The predicted molar refractivity (Wildman–Crippen MR) is 99.1 cm³/mol. The number of phenolic OH excluding ortho intramolecular Hbond substituents is 1. The summed E-state index contributed by atoms with van der Waals surface area (Å²) >= 11 is 0. The summed E-state index contributed by atoms with van der Waals surface area (Å²) in [7, 11) is 0. The van der Waals surface area contributed by atoms with Crippen molar-refractivity contribution in [3.8, 4) is 5.75 Å². The van der Waals surface area contributed by atoms with E-state index in [-0.39, 0.29) is 18.3 Å². The van der Waals surface area contributed by atoms with E-state index < -0.39 is 0 Å². The first-order valence-corrected chi connectivity index (χ1v) is 8.51. The van der Waals surface area contributed by atoms with E-state index in [4.69, 9.17) is 0 Å². The van der Waals surface area contributed by atoms with Crippen LogP contribution in [-0.4, -0.2) is 24.0 Å². The second-order valence-corrected chi connectivity index (χ2v) is 6.82. The summed E-state index contributed by atoms with van der Waals surface area (Å²) < 4.78 is 0. The Labute approximate surface area is 146 Å². The molecule has 23 heavy (non-hydrogen) atoms. The molecule has 1 aliphatic heterocycles. The van der Waals surface area contributed by atoms with Gasteiger partial charge in [-0.15, -0.1) is 12.4 Å². The van der Waals surface area contributed by atoms with Gasteiger partial charge in [0.1, 0.15) is 11.5 Å². The summed E-state index contributed by atoms with van der Waals surface area (Å²) in [6.45, 7) is 9.97. The van der Waals surface area contributed by atoms with Gasteiger partial charge in [0.2, 0.25) is 0 Å². The molecule has 3 nitrogen and oxygen atoms in total. The van der Waals surface area contributed by atoms with Crippen LogP contribution in [0.15, 0.2) is 6.07 Å². The molecule has 0 unspecified atom stereocenters. The third-order valence-electron chi connectivity index (χ3n) is 4.87. The lowest BCUT2D eigenvalue weighted by molar-refractivity contribution is -0.121. The topological polar surface area (TPSA) is 40.5 Å². The first kappa shape index (κ1) is 19.8. The Morgan fingerprint density at radius 1 is 1.17 bits per heavy atom. The number of anilines is 1. The zero-order valence-electron chi connectivity index (χ0n) is 14.8. The first-order chi connectivity index (χ1) is 10.4. The van der Waals surface area contributed by atoms with Crippen LogP contribution >= 0.6 is 12.4 Å². The minimum Gasteiger partial charge on any atom is -0.507 e. The third-order valence-corrected chi connectivity index (χ3v) is 4.87. The lowest BCUT2D eigenvalue weighted by Gasteiger charge is -2.31. The monoisotopic (exact) mass is 339 g/mol. The molecule has 130 valence electrons. The van der Waals surface area contributed by atoms with Crippen LogP contribution in [0.5, 0.6) is 5.75 Å². The number of aryl methyl sites for hydroxylation is 1. The number of Topliss-reactive ketones (excluding diaryl/α,β-unsaturated/α-hetero) is 1. The highest BCUT2D eigenvalue weighted by atomic mass is 35.5. The van der Waals surface area contributed by atoms with E-state index in [2.05, 4.69) is 11.0 Å². The number of hydrogen-bond donors (Lipinski definition) is 1. The fourth-order valence-electron chi connectivity index (χ4n) is 3.21. The van der Waals surface area contributed by atoms with Crippen molar-refractivity contribution in [2.24, 2.45) is 5.92 Å². The van der Waals surface area contributed by atoms with E-state index in [1.165, 1.54) is 19.3 Å². The normalized spacial score (nSPS) is 14.7. The number of carbonyl (C=O) groups is 1. The molecule has 1 fully saturated rings. The molecular formula is C19H30ClNO2. The van der Waals surface area contributed by atoms with Gasteiger partial charge in [-0.3, -0.25) is 4.79 Å². The van der Waals surface area contributed by atoms with Crippen molar-refractivity contribution in [3.63, 3.8) is 0 Å². The summed E-state index contributed by atoms with van der Waals surface area (Å²) in [6.07, 6.45) is 5.01. The lowest BCUT2D eigenvalue weighted by Crippen LogP contribution is -2.30. The molecule has 1 aliphatic rings. The number of rotatable bonds is 5. The smallest absolute Gasteiger partial charge is 0.135 e. The van der Waals surface area contributed by atoms with Crippen LogP contribution in [0.1, 0.15) is 56.2 Å². The van der Waals surface area contributed by atoms with E-state index in [1.54, 1.807) is 0 Å². The highest BCUT2D eigenvalue weighted by Crippen LogP contribution is 2.35. The average molecular weight is 340 g/mol. The fraction of sp³-hybridized carbons (Fsp3) is 0.632. The van der Waals surface area contributed by atoms with Gasteiger partial charge < -0.3 is 10.0 Å². The maximum Gasteiger partial charge on any atom is 0.135 e. The van der Waals surface area contributed by atoms with Gasteiger partial charge in [-0.1, -0.05) is 13.8 Å². The Bertz CT molecular complexity index is 549. The van der Waals surface area contributed by atoms with E-state index in [1.807, 2.05) is 27.7 Å². The highest BCUT2D eigenvalue weighted by Gasteiger charge is 2.19. The minimum atomic E-state index is 0. The summed E-state index contributed by atoms with van der Waals surface area (Å²) in [5.41, 5.74) is 4.15. The second-order valence-electron chi connectivity index (χ2n) is 6.82. The minimum absolute atomic E-state index is 0. The molecule has 1 aromatic rings. The van der Waals surface area contributed by atoms with Crippen LogP contribution in [0.3, 0.4) is 0 Å². The number of halogens is 1. The fourth-order valence-corrected chi connectivity index (χ4v) is 3.21. The predicted octanol–water partition coefficient (Wildman–Crippen LogP) is 4.58. The molecule has 2 rings (SSSR count). The van der Waals surface area contributed by atoms with Gasteiger partial charge in [-0.25, -0.2) is 0 Å².